The highest BCUT2D eigenvalue weighted by molar-refractivity contribution is 7.92. The van der Waals surface area contributed by atoms with Crippen molar-refractivity contribution < 1.29 is 22.9 Å². The van der Waals surface area contributed by atoms with Crippen LogP contribution in [-0.4, -0.2) is 38.7 Å². The molecule has 2 rings (SSSR count). The van der Waals surface area contributed by atoms with Gasteiger partial charge >= 0.3 is 0 Å². The van der Waals surface area contributed by atoms with E-state index in [1.165, 1.54) is 18.2 Å². The Bertz CT molecular complexity index is 1020. The Hall–Kier alpha value is -3.14. The molecular weight excluding hydrogens is 410 g/mol. The van der Waals surface area contributed by atoms with E-state index in [2.05, 4.69) is 5.32 Å². The van der Waals surface area contributed by atoms with Gasteiger partial charge in [0.1, 0.15) is 11.8 Å². The molecule has 0 fully saturated rings. The quantitative estimate of drug-likeness (QED) is 0.478. The number of hydrogen-bond acceptors (Lipinski definition) is 6. The van der Waals surface area contributed by atoms with Crippen LogP contribution in [0.4, 0.5) is 11.4 Å². The highest BCUT2D eigenvalue weighted by atomic mass is 32.2. The van der Waals surface area contributed by atoms with Crippen molar-refractivity contribution in [2.24, 2.45) is 0 Å². The average Bonchev–Trinajstić information content (AvgIpc) is 2.70. The normalized spacial score (nSPS) is 12.1. The van der Waals surface area contributed by atoms with Gasteiger partial charge in [-0.05, 0) is 36.6 Å². The molecule has 1 unspecified atom stereocenters. The number of sulfonamides is 1. The summed E-state index contributed by atoms with van der Waals surface area (Å²) in [6.07, 6.45) is 1.16. The number of aryl methyl sites for hydroxylation is 1. The molecular formula is C20H25N3O6S. The first-order chi connectivity index (χ1) is 14.1. The summed E-state index contributed by atoms with van der Waals surface area (Å²) in [4.78, 5) is 23.4. The predicted molar refractivity (Wildman–Crippen MR) is 114 cm³/mol. The Kier molecular flexibility index (Phi) is 7.38. The third kappa shape index (κ3) is 5.47. The van der Waals surface area contributed by atoms with E-state index >= 15 is 0 Å². The van der Waals surface area contributed by atoms with Gasteiger partial charge in [0.05, 0.1) is 24.0 Å². The number of ether oxygens (including phenoxy) is 1. The lowest BCUT2D eigenvalue weighted by Crippen LogP contribution is -2.49. The molecule has 162 valence electrons. The van der Waals surface area contributed by atoms with E-state index in [-0.39, 0.29) is 24.3 Å². The molecule has 2 aromatic carbocycles. The van der Waals surface area contributed by atoms with Gasteiger partial charge in [0.25, 0.3) is 5.69 Å². The van der Waals surface area contributed by atoms with Gasteiger partial charge in [0, 0.05) is 18.7 Å². The smallest absolute Gasteiger partial charge is 0.271 e. The van der Waals surface area contributed by atoms with Gasteiger partial charge < -0.3 is 10.1 Å². The average molecular weight is 436 g/mol. The van der Waals surface area contributed by atoms with E-state index in [4.69, 9.17) is 4.74 Å². The van der Waals surface area contributed by atoms with Gasteiger partial charge in [-0.1, -0.05) is 25.1 Å². The number of rotatable bonds is 9. The molecule has 0 aromatic heterocycles. The number of non-ortho nitro benzene ring substituents is 1. The number of nitro benzene ring substituents is 1. The number of amides is 1. The zero-order valence-corrected chi connectivity index (χ0v) is 18.1. The number of benzene rings is 2. The minimum absolute atomic E-state index is 0.109. The summed E-state index contributed by atoms with van der Waals surface area (Å²) in [6.45, 7) is 3.52. The molecule has 9 nitrogen and oxygen atoms in total. The maximum absolute atomic E-state index is 12.9. The van der Waals surface area contributed by atoms with Crippen LogP contribution in [0.5, 0.6) is 5.75 Å². The summed E-state index contributed by atoms with van der Waals surface area (Å²) in [5.74, 6) is 0.186. The summed E-state index contributed by atoms with van der Waals surface area (Å²) >= 11 is 0. The lowest BCUT2D eigenvalue weighted by atomic mass is 10.1. The van der Waals surface area contributed by atoms with Crippen molar-refractivity contribution in [3.05, 3.63) is 63.7 Å². The molecule has 0 aliphatic heterocycles. The van der Waals surface area contributed by atoms with Gasteiger partial charge in [0.15, 0.2) is 0 Å². The van der Waals surface area contributed by atoms with Crippen LogP contribution in [0.1, 0.15) is 24.5 Å². The van der Waals surface area contributed by atoms with Crippen LogP contribution in [0.2, 0.25) is 0 Å². The first kappa shape index (κ1) is 23.1. The Balaban J connectivity index is 2.33. The minimum Gasteiger partial charge on any atom is -0.497 e. The first-order valence-corrected chi connectivity index (χ1v) is 11.1. The number of carbonyl (C=O) groups is 1. The highest BCUT2D eigenvalue weighted by Gasteiger charge is 2.33. The maximum atomic E-state index is 12.9. The van der Waals surface area contributed by atoms with E-state index < -0.39 is 26.9 Å². The van der Waals surface area contributed by atoms with Crippen LogP contribution in [0.15, 0.2) is 42.5 Å². The third-order valence-corrected chi connectivity index (χ3v) is 5.76. The van der Waals surface area contributed by atoms with Crippen molar-refractivity contribution in [1.82, 2.24) is 5.32 Å². The van der Waals surface area contributed by atoms with Crippen molar-refractivity contribution in [2.75, 3.05) is 17.7 Å². The fourth-order valence-electron chi connectivity index (χ4n) is 3.03. The molecule has 0 aliphatic rings. The van der Waals surface area contributed by atoms with Crippen molar-refractivity contribution in [3.63, 3.8) is 0 Å². The number of nitrogens with zero attached hydrogens (tertiary/aromatic N) is 2. The molecule has 1 atom stereocenters. The Morgan fingerprint density at radius 1 is 1.23 bits per heavy atom. The Morgan fingerprint density at radius 3 is 2.37 bits per heavy atom. The van der Waals surface area contributed by atoms with E-state index in [1.54, 1.807) is 45.2 Å². The fourth-order valence-corrected chi connectivity index (χ4v) is 4.30. The summed E-state index contributed by atoms with van der Waals surface area (Å²) in [5, 5.41) is 13.9. The molecule has 0 heterocycles. The number of carbonyl (C=O) groups excluding carboxylic acids is 1. The van der Waals surface area contributed by atoms with Crippen LogP contribution in [0.25, 0.3) is 0 Å². The summed E-state index contributed by atoms with van der Waals surface area (Å²) in [6, 6.07) is 9.98. The molecule has 0 saturated carbocycles. The fraction of sp³-hybridized carbons (Fsp3) is 0.350. The zero-order valence-electron chi connectivity index (χ0n) is 17.3. The lowest BCUT2D eigenvalue weighted by Gasteiger charge is -2.31. The van der Waals surface area contributed by atoms with E-state index in [0.717, 1.165) is 16.1 Å². The summed E-state index contributed by atoms with van der Waals surface area (Å²) < 4.78 is 31.2. The number of nitro groups is 1. The Labute approximate surface area is 175 Å². The van der Waals surface area contributed by atoms with Crippen LogP contribution in [-0.2, 0) is 21.4 Å². The number of anilines is 1. The molecule has 0 aliphatic carbocycles. The second-order valence-corrected chi connectivity index (χ2v) is 8.64. The van der Waals surface area contributed by atoms with Gasteiger partial charge in [-0.15, -0.1) is 0 Å². The highest BCUT2D eigenvalue weighted by Crippen LogP contribution is 2.30. The molecule has 0 radical (unpaired) electrons. The van der Waals surface area contributed by atoms with Gasteiger partial charge in [0.2, 0.25) is 15.9 Å². The Morgan fingerprint density at radius 2 is 1.87 bits per heavy atom. The lowest BCUT2D eigenvalue weighted by molar-refractivity contribution is -0.384. The standard InChI is InChI=1S/C20H25N3O6S/c1-5-18(20(24)21-13-15-7-10-17(29-3)11-8-15)22(30(4,27)28)19-12-16(23(25)26)9-6-14(19)2/h6-12,18H,5,13H2,1-4H3,(H,21,24). The van der Waals surface area contributed by atoms with Gasteiger partial charge in [-0.25, -0.2) is 8.42 Å². The van der Waals surface area contributed by atoms with Crippen molar-refractivity contribution in [1.29, 1.82) is 0 Å². The van der Waals surface area contributed by atoms with Gasteiger partial charge in [-0.3, -0.25) is 19.2 Å². The SMILES string of the molecule is CCC(C(=O)NCc1ccc(OC)cc1)N(c1cc([N+](=O)[O-])ccc1C)S(C)(=O)=O. The topological polar surface area (TPSA) is 119 Å². The van der Waals surface area contributed by atoms with Crippen LogP contribution < -0.4 is 14.4 Å². The molecule has 1 N–H and O–H groups in total. The number of nitrogens with one attached hydrogen (secondary N) is 1. The molecule has 30 heavy (non-hydrogen) atoms. The number of methoxy groups -OCH3 is 1. The van der Waals surface area contributed by atoms with E-state index in [1.807, 2.05) is 0 Å². The molecule has 0 bridgehead atoms. The van der Waals surface area contributed by atoms with Crippen LogP contribution in [0.3, 0.4) is 0 Å². The third-order valence-electron chi connectivity index (χ3n) is 4.60. The zero-order chi connectivity index (χ0) is 22.5. The summed E-state index contributed by atoms with van der Waals surface area (Å²) in [7, 11) is -2.34. The number of hydrogen-bond donors (Lipinski definition) is 1. The largest absolute Gasteiger partial charge is 0.497 e. The van der Waals surface area contributed by atoms with E-state index in [9.17, 15) is 23.3 Å². The molecule has 2 aromatic rings. The molecule has 0 spiro atoms. The van der Waals surface area contributed by atoms with Crippen molar-refractivity contribution in [2.45, 2.75) is 32.9 Å². The first-order valence-electron chi connectivity index (χ1n) is 9.23. The predicted octanol–water partition coefficient (Wildman–Crippen LogP) is 2.77. The van der Waals surface area contributed by atoms with Crippen molar-refractivity contribution in [3.8, 4) is 5.75 Å². The molecule has 1 amide bonds. The van der Waals surface area contributed by atoms with Crippen molar-refractivity contribution >= 4 is 27.3 Å². The maximum Gasteiger partial charge on any atom is 0.271 e. The second-order valence-electron chi connectivity index (χ2n) is 6.78. The van der Waals surface area contributed by atoms with Crippen LogP contribution >= 0.6 is 0 Å². The van der Waals surface area contributed by atoms with E-state index in [0.29, 0.717) is 11.3 Å². The monoisotopic (exact) mass is 435 g/mol. The second kappa shape index (κ2) is 9.57. The summed E-state index contributed by atoms with van der Waals surface area (Å²) in [5.41, 5.74) is 1.18. The van der Waals surface area contributed by atoms with Crippen LogP contribution in [0, 0.1) is 17.0 Å². The molecule has 0 saturated heterocycles. The molecule has 10 heteroatoms. The van der Waals surface area contributed by atoms with Gasteiger partial charge in [-0.2, -0.15) is 0 Å². The minimum atomic E-state index is -3.90.